The molecule has 4 amide bonds. The lowest BCUT2D eigenvalue weighted by Crippen LogP contribution is -2.48. The SMILES string of the molecule is Cc1cc(C(=O)NC(C)C)ccc1-c1ccc(C[C@H](NC(=O)C2CCC(CNC(=O)O)CC2)C(=O)Nc2cc(Cl)c3oc(=O)[nH]c3c2)cc1. The second kappa shape index (κ2) is 15.4. The van der Waals surface area contributed by atoms with Crippen molar-refractivity contribution < 1.29 is 28.7 Å². The lowest BCUT2D eigenvalue weighted by atomic mass is 9.81. The Morgan fingerprint density at radius 1 is 0.980 bits per heavy atom. The first-order chi connectivity index (χ1) is 23.4. The highest BCUT2D eigenvalue weighted by atomic mass is 35.5. The molecule has 1 fully saturated rings. The van der Waals surface area contributed by atoms with Crippen molar-refractivity contribution in [3.05, 3.63) is 86.9 Å². The highest BCUT2D eigenvalue weighted by molar-refractivity contribution is 6.35. The third-order valence-electron chi connectivity index (χ3n) is 8.75. The molecule has 13 heteroatoms. The van der Waals surface area contributed by atoms with Crippen LogP contribution in [0.5, 0.6) is 0 Å². The number of carbonyl (C=O) groups is 4. The van der Waals surface area contributed by atoms with E-state index in [4.69, 9.17) is 21.1 Å². The molecule has 0 aliphatic heterocycles. The van der Waals surface area contributed by atoms with Crippen LogP contribution in [0.4, 0.5) is 10.5 Å². The maximum Gasteiger partial charge on any atom is 0.417 e. The molecule has 1 heterocycles. The second-order valence-corrected chi connectivity index (χ2v) is 13.3. The first-order valence-electron chi connectivity index (χ1n) is 16.3. The van der Waals surface area contributed by atoms with Crippen LogP contribution in [0, 0.1) is 18.8 Å². The largest absolute Gasteiger partial charge is 0.465 e. The lowest BCUT2D eigenvalue weighted by Gasteiger charge is -2.29. The van der Waals surface area contributed by atoms with E-state index in [1.165, 1.54) is 12.1 Å². The first kappa shape index (κ1) is 35.2. The van der Waals surface area contributed by atoms with Gasteiger partial charge in [0.25, 0.3) is 5.91 Å². The molecule has 0 spiro atoms. The highest BCUT2D eigenvalue weighted by Crippen LogP contribution is 2.30. The Balaban J connectivity index is 1.32. The molecular formula is C36H40ClN5O7. The zero-order valence-electron chi connectivity index (χ0n) is 27.5. The number of halogens is 1. The summed E-state index contributed by atoms with van der Waals surface area (Å²) in [5.74, 6) is -1.67. The van der Waals surface area contributed by atoms with Gasteiger partial charge in [0, 0.05) is 36.2 Å². The summed E-state index contributed by atoms with van der Waals surface area (Å²) < 4.78 is 5.05. The van der Waals surface area contributed by atoms with Crippen molar-refractivity contribution >= 4 is 52.2 Å². The molecule has 1 saturated carbocycles. The third kappa shape index (κ3) is 9.08. The van der Waals surface area contributed by atoms with Gasteiger partial charge in [0.15, 0.2) is 5.58 Å². The summed E-state index contributed by atoms with van der Waals surface area (Å²) in [5, 5.41) is 20.1. The number of carbonyl (C=O) groups excluding carboxylic acids is 3. The molecule has 6 N–H and O–H groups in total. The molecule has 5 rings (SSSR count). The average Bonchev–Trinajstić information content (AvgIpc) is 3.44. The summed E-state index contributed by atoms with van der Waals surface area (Å²) in [6, 6.07) is 15.3. The van der Waals surface area contributed by atoms with Crippen molar-refractivity contribution in [3.63, 3.8) is 0 Å². The molecule has 0 radical (unpaired) electrons. The van der Waals surface area contributed by atoms with E-state index in [-0.39, 0.29) is 46.7 Å². The van der Waals surface area contributed by atoms with Gasteiger partial charge in [-0.1, -0.05) is 41.9 Å². The predicted molar refractivity (Wildman–Crippen MR) is 187 cm³/mol. The minimum atomic E-state index is -1.07. The summed E-state index contributed by atoms with van der Waals surface area (Å²) in [6.45, 7) is 6.11. The number of nitrogens with one attached hydrogen (secondary N) is 5. The maximum atomic E-state index is 13.7. The number of aromatic amines is 1. The fraction of sp³-hybridized carbons (Fsp3) is 0.361. The fourth-order valence-corrected chi connectivity index (χ4v) is 6.47. The van der Waals surface area contributed by atoms with Gasteiger partial charge in [-0.25, -0.2) is 9.59 Å². The van der Waals surface area contributed by atoms with Crippen molar-refractivity contribution in [2.45, 2.75) is 65.0 Å². The number of hydrogen-bond acceptors (Lipinski definition) is 6. The molecule has 49 heavy (non-hydrogen) atoms. The summed E-state index contributed by atoms with van der Waals surface area (Å²) in [7, 11) is 0. The Labute approximate surface area is 288 Å². The van der Waals surface area contributed by atoms with E-state index in [1.54, 1.807) is 6.07 Å². The van der Waals surface area contributed by atoms with Crippen molar-refractivity contribution in [1.82, 2.24) is 20.9 Å². The van der Waals surface area contributed by atoms with Gasteiger partial charge in [-0.3, -0.25) is 19.4 Å². The molecule has 1 aliphatic rings. The van der Waals surface area contributed by atoms with E-state index >= 15 is 0 Å². The van der Waals surface area contributed by atoms with E-state index in [0.29, 0.717) is 49.0 Å². The number of aryl methyl sites for hydroxylation is 1. The number of oxazole rings is 1. The number of aromatic nitrogens is 1. The van der Waals surface area contributed by atoms with Crippen LogP contribution >= 0.6 is 11.6 Å². The molecule has 1 aromatic heterocycles. The highest BCUT2D eigenvalue weighted by Gasteiger charge is 2.30. The van der Waals surface area contributed by atoms with E-state index < -0.39 is 23.8 Å². The Bertz CT molecular complexity index is 1910. The Morgan fingerprint density at radius 3 is 2.35 bits per heavy atom. The van der Waals surface area contributed by atoms with Crippen LogP contribution in [0.25, 0.3) is 22.2 Å². The zero-order valence-corrected chi connectivity index (χ0v) is 28.3. The van der Waals surface area contributed by atoms with Gasteiger partial charge in [0.2, 0.25) is 11.8 Å². The number of rotatable bonds is 11. The van der Waals surface area contributed by atoms with Gasteiger partial charge < -0.3 is 30.8 Å². The normalized spacial score (nSPS) is 16.6. The van der Waals surface area contributed by atoms with E-state index in [9.17, 15) is 24.0 Å². The van der Waals surface area contributed by atoms with Crippen molar-refractivity contribution in [2.75, 3.05) is 11.9 Å². The Hall–Kier alpha value is -5.10. The predicted octanol–water partition coefficient (Wildman–Crippen LogP) is 5.63. The number of carboxylic acid groups (broad SMARTS) is 1. The summed E-state index contributed by atoms with van der Waals surface area (Å²) in [4.78, 5) is 64.8. The third-order valence-corrected chi connectivity index (χ3v) is 9.03. The number of fused-ring (bicyclic) bond motifs is 1. The van der Waals surface area contributed by atoms with E-state index in [1.807, 2.05) is 57.2 Å². The molecule has 1 aliphatic carbocycles. The standard InChI is InChI=1S/C36H40ClN5O7/c1-19(2)39-33(44)25-12-13-27(20(3)14-25)23-8-4-21(5-9-23)15-30(41-32(43)24-10-6-22(7-11-24)18-38-35(46)47)34(45)40-26-16-28(37)31-29(17-26)42-36(48)49-31/h4-5,8-9,12-14,16-17,19,22,24,30,38H,6-7,10-11,15,18H2,1-3H3,(H,39,44)(H,40,45)(H,41,43)(H,42,48)(H,46,47)/t22?,24?,30-/m0/s1. The molecule has 258 valence electrons. The second-order valence-electron chi connectivity index (χ2n) is 12.9. The van der Waals surface area contributed by atoms with Gasteiger partial charge in [-0.2, -0.15) is 0 Å². The summed E-state index contributed by atoms with van der Waals surface area (Å²) in [5.41, 5.74) is 5.06. The van der Waals surface area contributed by atoms with Gasteiger partial charge in [0.05, 0.1) is 10.5 Å². The van der Waals surface area contributed by atoms with Crippen LogP contribution in [0.2, 0.25) is 5.02 Å². The van der Waals surface area contributed by atoms with Gasteiger partial charge in [-0.05, 0) is 98.9 Å². The fourth-order valence-electron chi connectivity index (χ4n) is 6.21. The Kier molecular flexibility index (Phi) is 11.1. The molecule has 0 saturated heterocycles. The molecule has 0 unspecified atom stereocenters. The topological polar surface area (TPSA) is 183 Å². The molecule has 0 bridgehead atoms. The minimum absolute atomic E-state index is 0.0298. The number of anilines is 1. The quantitative estimate of drug-likeness (QED) is 0.118. The Morgan fingerprint density at radius 2 is 1.69 bits per heavy atom. The van der Waals surface area contributed by atoms with Crippen LogP contribution in [-0.4, -0.2) is 52.5 Å². The average molecular weight is 690 g/mol. The number of amides is 4. The minimum Gasteiger partial charge on any atom is -0.465 e. The molecular weight excluding hydrogens is 650 g/mol. The van der Waals surface area contributed by atoms with Crippen LogP contribution in [0.15, 0.2) is 63.8 Å². The van der Waals surface area contributed by atoms with Crippen molar-refractivity contribution in [2.24, 2.45) is 11.8 Å². The first-order valence-corrected chi connectivity index (χ1v) is 16.6. The number of hydrogen-bond donors (Lipinski definition) is 6. The smallest absolute Gasteiger partial charge is 0.417 e. The molecule has 3 aromatic carbocycles. The van der Waals surface area contributed by atoms with Gasteiger partial charge in [0.1, 0.15) is 6.04 Å². The summed E-state index contributed by atoms with van der Waals surface area (Å²) in [6.07, 6.45) is 1.68. The number of H-pyrrole nitrogens is 1. The monoisotopic (exact) mass is 689 g/mol. The van der Waals surface area contributed by atoms with Crippen molar-refractivity contribution in [3.8, 4) is 11.1 Å². The molecule has 12 nitrogen and oxygen atoms in total. The lowest BCUT2D eigenvalue weighted by molar-refractivity contribution is -0.130. The van der Waals surface area contributed by atoms with Crippen LogP contribution in [-0.2, 0) is 16.0 Å². The molecule has 4 aromatic rings. The molecule has 1 atom stereocenters. The van der Waals surface area contributed by atoms with Crippen LogP contribution in [0.3, 0.4) is 0 Å². The van der Waals surface area contributed by atoms with E-state index in [2.05, 4.69) is 26.3 Å². The van der Waals surface area contributed by atoms with Gasteiger partial charge in [-0.15, -0.1) is 0 Å². The van der Waals surface area contributed by atoms with Gasteiger partial charge >= 0.3 is 11.8 Å². The van der Waals surface area contributed by atoms with Crippen LogP contribution in [0.1, 0.15) is 61.0 Å². The number of benzene rings is 3. The maximum absolute atomic E-state index is 13.7. The zero-order chi connectivity index (χ0) is 35.2. The van der Waals surface area contributed by atoms with Crippen LogP contribution < -0.4 is 27.0 Å². The van der Waals surface area contributed by atoms with Crippen molar-refractivity contribution in [1.29, 1.82) is 0 Å². The summed E-state index contributed by atoms with van der Waals surface area (Å²) >= 11 is 6.30. The van der Waals surface area contributed by atoms with E-state index in [0.717, 1.165) is 22.3 Å².